The van der Waals surface area contributed by atoms with Crippen molar-refractivity contribution in [1.82, 2.24) is 5.32 Å². The molecule has 0 unspecified atom stereocenters. The molecule has 0 saturated heterocycles. The van der Waals surface area contributed by atoms with Crippen molar-refractivity contribution in [2.45, 2.75) is 39.7 Å². The molecule has 2 aromatic carbocycles. The first-order chi connectivity index (χ1) is 8.97. The quantitative estimate of drug-likeness (QED) is 0.870. The van der Waals surface area contributed by atoms with Crippen molar-refractivity contribution in [2.75, 3.05) is 0 Å². The monoisotopic (exact) mass is 257 g/mol. The highest BCUT2D eigenvalue weighted by Crippen LogP contribution is 2.22. The largest absolute Gasteiger partial charge is 0.350 e. The predicted octanol–water partition coefficient (Wildman–Crippen LogP) is 4.35. The summed E-state index contributed by atoms with van der Waals surface area (Å²) in [5.41, 5.74) is 2.05. The molecule has 0 atom stereocenters. The topological polar surface area (TPSA) is 29.1 Å². The number of rotatable bonds is 3. The van der Waals surface area contributed by atoms with E-state index in [-0.39, 0.29) is 13.4 Å². The molecule has 102 valence electrons. The highest BCUT2D eigenvalue weighted by atomic mass is 16.1. The van der Waals surface area contributed by atoms with Gasteiger partial charge in [0.2, 0.25) is 0 Å². The number of carbonyl (C=O) groups is 1. The molecule has 0 aliphatic rings. The smallest absolute Gasteiger partial charge is 0.251 e. The average molecular weight is 257 g/mol. The maximum atomic E-state index is 12.0. The van der Waals surface area contributed by atoms with Crippen molar-refractivity contribution in [3.05, 3.63) is 47.5 Å². The summed E-state index contributed by atoms with van der Waals surface area (Å²) in [6.45, 7) is 8.30. The first kappa shape index (κ1) is 13.6. The van der Waals surface area contributed by atoms with Gasteiger partial charge in [-0.1, -0.05) is 38.1 Å². The Kier molecular flexibility index (Phi) is 3.89. The summed E-state index contributed by atoms with van der Waals surface area (Å²) in [6.07, 6.45) is 0. The number of amides is 1. The molecule has 0 aliphatic heterocycles. The molecule has 0 saturated carbocycles. The normalized spacial score (nSPS) is 11.3. The Morgan fingerprint density at radius 1 is 1.00 bits per heavy atom. The third-order valence-electron chi connectivity index (χ3n) is 3.21. The predicted molar refractivity (Wildman–Crippen MR) is 82.8 cm³/mol. The highest BCUT2D eigenvalue weighted by Gasteiger charge is 2.08. The molecule has 0 heterocycles. The van der Waals surface area contributed by atoms with Gasteiger partial charge in [-0.05, 0) is 48.2 Å². The Bertz CT molecular complexity index is 605. The van der Waals surface area contributed by atoms with E-state index < -0.39 is 0 Å². The number of nitrogens with one attached hydrogen (secondary N) is 1. The van der Waals surface area contributed by atoms with Crippen LogP contribution in [0.5, 0.6) is 0 Å². The number of hydrogen-bond donors (Lipinski definition) is 1. The van der Waals surface area contributed by atoms with Crippen LogP contribution in [0.4, 0.5) is 0 Å². The first-order valence-corrected chi connectivity index (χ1v) is 6.82. The van der Waals surface area contributed by atoms with E-state index in [1.807, 2.05) is 32.0 Å². The summed E-state index contributed by atoms with van der Waals surface area (Å²) >= 11 is 0. The van der Waals surface area contributed by atoms with E-state index in [1.165, 1.54) is 10.9 Å². The van der Waals surface area contributed by atoms with Crippen LogP contribution in [0.25, 0.3) is 10.8 Å². The van der Waals surface area contributed by atoms with Crippen LogP contribution in [-0.4, -0.2) is 11.9 Å². The molecule has 2 aromatic rings. The molecule has 0 spiro atoms. The summed E-state index contributed by atoms with van der Waals surface area (Å²) in [4.78, 5) is 12.0. The van der Waals surface area contributed by atoms with E-state index >= 15 is 0 Å². The van der Waals surface area contributed by atoms with E-state index in [9.17, 15) is 4.79 Å². The molecule has 2 nitrogen and oxygen atoms in total. The summed E-state index contributed by atoms with van der Waals surface area (Å²) < 4.78 is 0. The van der Waals surface area contributed by atoms with Crippen molar-refractivity contribution >= 4 is 16.7 Å². The highest BCUT2D eigenvalue weighted by molar-refractivity contribution is 5.98. The Labute approximate surface area is 116 Å². The molecule has 2 heteroatoms. The van der Waals surface area contributed by atoms with Crippen LogP contribution in [0.3, 0.4) is 0 Å². The lowest BCUT2D eigenvalue weighted by atomic mass is 9.98. The zero-order valence-corrected chi connectivity index (χ0v) is 12.0. The minimum Gasteiger partial charge on any atom is -0.350 e. The molecule has 1 N–H and O–H groups in total. The van der Waals surface area contributed by atoms with E-state index in [0.717, 1.165) is 10.9 Å². The molecule has 2 rings (SSSR count). The Balaban J connectivity index is 0.00000200. The van der Waals surface area contributed by atoms with E-state index in [4.69, 9.17) is 0 Å². The molecule has 1 amide bonds. The Morgan fingerprint density at radius 3 is 2.26 bits per heavy atom. The Morgan fingerprint density at radius 2 is 1.63 bits per heavy atom. The molecular formula is C17H23NO. The van der Waals surface area contributed by atoms with Gasteiger partial charge in [0.05, 0.1) is 0 Å². The van der Waals surface area contributed by atoms with Crippen LogP contribution in [0, 0.1) is 0 Å². The molecule has 19 heavy (non-hydrogen) atoms. The van der Waals surface area contributed by atoms with Gasteiger partial charge >= 0.3 is 0 Å². The second-order valence-corrected chi connectivity index (χ2v) is 5.60. The van der Waals surface area contributed by atoms with Crippen molar-refractivity contribution in [3.63, 3.8) is 0 Å². The summed E-state index contributed by atoms with van der Waals surface area (Å²) in [5.74, 6) is 0.512. The van der Waals surface area contributed by atoms with Gasteiger partial charge in [0.25, 0.3) is 5.91 Å². The molecule has 0 aliphatic carbocycles. The van der Waals surface area contributed by atoms with Crippen LogP contribution < -0.4 is 5.32 Å². The lowest BCUT2D eigenvalue weighted by Crippen LogP contribution is -2.29. The maximum Gasteiger partial charge on any atom is 0.251 e. The minimum absolute atomic E-state index is 0. The SMILES string of the molecule is CC(C)NC(=O)c1ccc2cc(C(C)C)ccc2c1.[HH]. The molecular weight excluding hydrogens is 234 g/mol. The first-order valence-electron chi connectivity index (χ1n) is 6.82. The van der Waals surface area contributed by atoms with Crippen LogP contribution in [0.2, 0.25) is 0 Å². The third kappa shape index (κ3) is 3.14. The van der Waals surface area contributed by atoms with Gasteiger partial charge in [0, 0.05) is 13.0 Å². The van der Waals surface area contributed by atoms with Gasteiger partial charge < -0.3 is 5.32 Å². The average Bonchev–Trinajstić information content (AvgIpc) is 2.36. The second kappa shape index (κ2) is 5.43. The number of hydrogen-bond acceptors (Lipinski definition) is 1. The van der Waals surface area contributed by atoms with Crippen LogP contribution in [-0.2, 0) is 0 Å². The lowest BCUT2D eigenvalue weighted by Gasteiger charge is -2.10. The van der Waals surface area contributed by atoms with E-state index in [2.05, 4.69) is 37.4 Å². The zero-order valence-electron chi connectivity index (χ0n) is 12.0. The van der Waals surface area contributed by atoms with Gasteiger partial charge in [-0.25, -0.2) is 0 Å². The van der Waals surface area contributed by atoms with Gasteiger partial charge in [0.15, 0.2) is 0 Å². The molecule has 0 bridgehead atoms. The number of carbonyl (C=O) groups excluding carboxylic acids is 1. The fraction of sp³-hybridized carbons (Fsp3) is 0.353. The number of fused-ring (bicyclic) bond motifs is 1. The van der Waals surface area contributed by atoms with Crippen LogP contribution in [0.1, 0.15) is 51.0 Å². The van der Waals surface area contributed by atoms with Gasteiger partial charge in [-0.15, -0.1) is 0 Å². The van der Waals surface area contributed by atoms with Gasteiger partial charge in [-0.3, -0.25) is 4.79 Å². The summed E-state index contributed by atoms with van der Waals surface area (Å²) in [5, 5.41) is 5.21. The van der Waals surface area contributed by atoms with Crippen molar-refractivity contribution in [3.8, 4) is 0 Å². The fourth-order valence-corrected chi connectivity index (χ4v) is 2.11. The minimum atomic E-state index is -0.00941. The number of benzene rings is 2. The molecule has 0 radical (unpaired) electrons. The third-order valence-corrected chi connectivity index (χ3v) is 3.21. The van der Waals surface area contributed by atoms with Crippen molar-refractivity contribution in [2.24, 2.45) is 0 Å². The fourth-order valence-electron chi connectivity index (χ4n) is 2.11. The second-order valence-electron chi connectivity index (χ2n) is 5.60. The summed E-state index contributed by atoms with van der Waals surface area (Å²) in [7, 11) is 0. The zero-order chi connectivity index (χ0) is 14.0. The van der Waals surface area contributed by atoms with Crippen LogP contribution >= 0.6 is 0 Å². The molecule has 0 aromatic heterocycles. The van der Waals surface area contributed by atoms with Gasteiger partial charge in [-0.2, -0.15) is 0 Å². The van der Waals surface area contributed by atoms with Gasteiger partial charge in [0.1, 0.15) is 0 Å². The summed E-state index contributed by atoms with van der Waals surface area (Å²) in [6, 6.07) is 12.5. The van der Waals surface area contributed by atoms with Crippen molar-refractivity contribution in [1.29, 1.82) is 0 Å². The lowest BCUT2D eigenvalue weighted by molar-refractivity contribution is 0.0943. The maximum absolute atomic E-state index is 12.0. The van der Waals surface area contributed by atoms with Crippen molar-refractivity contribution < 1.29 is 6.22 Å². The standard InChI is InChI=1S/C17H21NO.H2/c1-11(2)13-5-6-15-10-16(8-7-14(15)9-13)17(19)18-12(3)4;/h5-12H,1-4H3,(H,18,19);1H. The van der Waals surface area contributed by atoms with E-state index in [1.54, 1.807) is 0 Å². The Hall–Kier alpha value is -1.83. The van der Waals surface area contributed by atoms with Crippen LogP contribution in [0.15, 0.2) is 36.4 Å². The van der Waals surface area contributed by atoms with E-state index in [0.29, 0.717) is 5.92 Å². The molecule has 0 fully saturated rings.